The number of rotatable bonds is 5. The summed E-state index contributed by atoms with van der Waals surface area (Å²) in [5.74, 6) is 0.112. The number of aromatic amines is 1. The predicted molar refractivity (Wildman–Crippen MR) is 130 cm³/mol. The third-order valence-electron chi connectivity index (χ3n) is 5.57. The first kappa shape index (κ1) is 26.7. The number of methoxy groups -OCH3 is 2. The fourth-order valence-corrected chi connectivity index (χ4v) is 5.54. The van der Waals surface area contributed by atoms with Crippen molar-refractivity contribution in [3.63, 3.8) is 0 Å². The first-order valence-corrected chi connectivity index (χ1v) is 12.0. The Morgan fingerprint density at radius 3 is 2.05 bits per heavy atom. The molecule has 0 saturated heterocycles. The zero-order valence-corrected chi connectivity index (χ0v) is 21.5. The van der Waals surface area contributed by atoms with Gasteiger partial charge in [-0.25, -0.2) is 0 Å². The van der Waals surface area contributed by atoms with E-state index in [0.29, 0.717) is 29.3 Å². The van der Waals surface area contributed by atoms with Gasteiger partial charge in [-0.1, -0.05) is 35.0 Å². The molecule has 0 radical (unpaired) electrons. The summed E-state index contributed by atoms with van der Waals surface area (Å²) in [6, 6.07) is 8.50. The summed E-state index contributed by atoms with van der Waals surface area (Å²) in [5.41, 5.74) is -1.44. The highest BCUT2D eigenvalue weighted by Crippen LogP contribution is 2.42. The van der Waals surface area contributed by atoms with Crippen LogP contribution < -0.4 is 15.0 Å². The number of nitrogens with zero attached hydrogens (tertiary/aromatic N) is 2. The van der Waals surface area contributed by atoms with E-state index < -0.39 is 28.9 Å². The molecule has 0 unspecified atom stereocenters. The Balaban J connectivity index is 1.78. The number of halogens is 5. The van der Waals surface area contributed by atoms with Gasteiger partial charge in [0.2, 0.25) is 0 Å². The van der Waals surface area contributed by atoms with Crippen molar-refractivity contribution < 1.29 is 27.4 Å². The van der Waals surface area contributed by atoms with E-state index in [4.69, 9.17) is 37.9 Å². The highest BCUT2D eigenvalue weighted by molar-refractivity contribution is 7.99. The highest BCUT2D eigenvalue weighted by Gasteiger charge is 2.36. The summed E-state index contributed by atoms with van der Waals surface area (Å²) in [7, 11) is 2.93. The van der Waals surface area contributed by atoms with E-state index in [1.807, 2.05) is 6.07 Å². The van der Waals surface area contributed by atoms with Gasteiger partial charge in [-0.3, -0.25) is 9.59 Å². The molecule has 13 heteroatoms. The van der Waals surface area contributed by atoms with Crippen LogP contribution in [0.15, 0.2) is 44.9 Å². The van der Waals surface area contributed by atoms with E-state index in [1.54, 1.807) is 17.1 Å². The normalized spacial score (nSPS) is 12.8. The molecule has 4 rings (SSSR count). The number of H-pyrrole nitrogens is 1. The van der Waals surface area contributed by atoms with Crippen LogP contribution in [0.25, 0.3) is 0 Å². The number of amides is 1. The van der Waals surface area contributed by atoms with Crippen molar-refractivity contribution >= 4 is 40.9 Å². The molecule has 2 heterocycles. The molecule has 3 aromatic rings. The number of nitriles is 1. The maximum Gasteiger partial charge on any atom is 0.431 e. The van der Waals surface area contributed by atoms with Crippen molar-refractivity contribution in [3.8, 4) is 17.6 Å². The van der Waals surface area contributed by atoms with Crippen LogP contribution in [0.1, 0.15) is 32.7 Å². The van der Waals surface area contributed by atoms with Crippen LogP contribution in [0.4, 0.5) is 13.2 Å². The molecule has 192 valence electrons. The van der Waals surface area contributed by atoms with E-state index in [1.165, 1.54) is 31.3 Å². The Labute approximate surface area is 222 Å². The molecule has 1 aliphatic heterocycles. The van der Waals surface area contributed by atoms with Crippen LogP contribution in [-0.4, -0.2) is 30.0 Å². The van der Waals surface area contributed by atoms with Gasteiger partial charge in [0.15, 0.2) is 11.5 Å². The number of pyridine rings is 1. The van der Waals surface area contributed by atoms with Crippen molar-refractivity contribution in [3.05, 3.63) is 78.7 Å². The summed E-state index contributed by atoms with van der Waals surface area (Å²) in [4.78, 5) is 29.3. The zero-order valence-electron chi connectivity index (χ0n) is 19.1. The van der Waals surface area contributed by atoms with Crippen molar-refractivity contribution in [2.75, 3.05) is 14.2 Å². The second-order valence-corrected chi connectivity index (χ2v) is 9.74. The summed E-state index contributed by atoms with van der Waals surface area (Å²) in [6.07, 6.45) is -4.88. The first-order valence-electron chi connectivity index (χ1n) is 10.4. The summed E-state index contributed by atoms with van der Waals surface area (Å²) >= 11 is 13.1. The Hall–Kier alpha value is -3.33. The van der Waals surface area contributed by atoms with Gasteiger partial charge >= 0.3 is 6.18 Å². The fraction of sp³-hybridized carbons (Fsp3) is 0.208. The quantitative estimate of drug-likeness (QED) is 0.411. The SMILES string of the molecule is COc1cc2c(cc1OC)CN(C(=O)c1c(Sc3c(Cl)cc(C#N)cc3Cl)cc(C(F)(F)F)[nH]c1=O)C2. The lowest BCUT2D eigenvalue weighted by atomic mass is 10.1. The third kappa shape index (κ3) is 5.23. The van der Waals surface area contributed by atoms with Crippen LogP contribution in [0.3, 0.4) is 0 Å². The molecule has 0 bridgehead atoms. The van der Waals surface area contributed by atoms with Gasteiger partial charge in [0.25, 0.3) is 11.5 Å². The number of fused-ring (bicyclic) bond motifs is 1. The van der Waals surface area contributed by atoms with Gasteiger partial charge in [-0.2, -0.15) is 18.4 Å². The maximum atomic E-state index is 13.5. The Kier molecular flexibility index (Phi) is 7.37. The van der Waals surface area contributed by atoms with E-state index in [9.17, 15) is 22.8 Å². The van der Waals surface area contributed by atoms with Crippen molar-refractivity contribution in [2.45, 2.75) is 29.1 Å². The Morgan fingerprint density at radius 2 is 1.59 bits per heavy atom. The lowest BCUT2D eigenvalue weighted by Gasteiger charge is -2.19. The van der Waals surface area contributed by atoms with Gasteiger partial charge in [0, 0.05) is 22.9 Å². The number of ether oxygens (including phenoxy) is 2. The topological polar surface area (TPSA) is 95.4 Å². The van der Waals surface area contributed by atoms with Crippen LogP contribution >= 0.6 is 35.0 Å². The number of carbonyl (C=O) groups is 1. The van der Waals surface area contributed by atoms with Crippen molar-refractivity contribution in [2.24, 2.45) is 0 Å². The molecule has 1 aromatic heterocycles. The Morgan fingerprint density at radius 1 is 1.05 bits per heavy atom. The molecule has 0 aliphatic carbocycles. The largest absolute Gasteiger partial charge is 0.493 e. The molecule has 0 saturated carbocycles. The van der Waals surface area contributed by atoms with Crippen LogP contribution in [0.2, 0.25) is 10.0 Å². The van der Waals surface area contributed by atoms with E-state index in [2.05, 4.69) is 0 Å². The Bertz CT molecular complexity index is 1460. The third-order valence-corrected chi connectivity index (χ3v) is 7.58. The molecular weight excluding hydrogens is 554 g/mol. The van der Waals surface area contributed by atoms with Gasteiger partial charge < -0.3 is 19.4 Å². The van der Waals surface area contributed by atoms with Gasteiger partial charge in [0.05, 0.1) is 35.9 Å². The molecule has 37 heavy (non-hydrogen) atoms. The van der Waals surface area contributed by atoms with Crippen LogP contribution in [-0.2, 0) is 19.3 Å². The molecule has 0 spiro atoms. The minimum atomic E-state index is -4.88. The summed E-state index contributed by atoms with van der Waals surface area (Å²) < 4.78 is 51.1. The molecule has 7 nitrogen and oxygen atoms in total. The first-order chi connectivity index (χ1) is 17.5. The number of hydrogen-bond acceptors (Lipinski definition) is 6. The smallest absolute Gasteiger partial charge is 0.431 e. The zero-order chi connectivity index (χ0) is 27.1. The number of alkyl halides is 3. The minimum Gasteiger partial charge on any atom is -0.493 e. The summed E-state index contributed by atoms with van der Waals surface area (Å²) in [5, 5.41) is 9.06. The molecule has 0 fully saturated rings. The van der Waals surface area contributed by atoms with E-state index in [0.717, 1.165) is 11.1 Å². The molecule has 2 aromatic carbocycles. The standard InChI is InChI=1S/C24H16Cl2F3N3O4S/c1-35-16-5-12-9-32(10-13(12)6-17(16)36-2)23(34)20-18(7-19(24(27,28)29)31-22(20)33)37-21-14(25)3-11(8-30)4-15(21)26/h3-7H,9-10H2,1-2H3,(H,31,33). The number of benzene rings is 2. The monoisotopic (exact) mass is 569 g/mol. The van der Waals surface area contributed by atoms with Gasteiger partial charge in [0.1, 0.15) is 11.3 Å². The molecule has 1 aliphatic rings. The highest BCUT2D eigenvalue weighted by atomic mass is 35.5. The van der Waals surface area contributed by atoms with E-state index >= 15 is 0 Å². The number of carbonyl (C=O) groups excluding carboxylic acids is 1. The molecule has 1 N–H and O–H groups in total. The second kappa shape index (κ2) is 10.2. The second-order valence-electron chi connectivity index (χ2n) is 7.87. The fourth-order valence-electron chi connectivity index (χ4n) is 3.83. The lowest BCUT2D eigenvalue weighted by Crippen LogP contribution is -2.32. The number of aromatic nitrogens is 1. The van der Waals surface area contributed by atoms with Crippen molar-refractivity contribution in [1.82, 2.24) is 9.88 Å². The average molecular weight is 570 g/mol. The molecular formula is C24H16Cl2F3N3O4S. The summed E-state index contributed by atoms with van der Waals surface area (Å²) in [6.45, 7) is 0.189. The minimum absolute atomic E-state index is 0.0194. The maximum absolute atomic E-state index is 13.5. The predicted octanol–water partition coefficient (Wildman–Crippen LogP) is 5.90. The molecule has 0 atom stereocenters. The van der Waals surface area contributed by atoms with Gasteiger partial charge in [-0.15, -0.1) is 0 Å². The van der Waals surface area contributed by atoms with Gasteiger partial charge in [-0.05, 0) is 41.5 Å². The van der Waals surface area contributed by atoms with Crippen molar-refractivity contribution in [1.29, 1.82) is 5.26 Å². The number of hydrogen-bond donors (Lipinski definition) is 1. The average Bonchev–Trinajstić information content (AvgIpc) is 3.27. The lowest BCUT2D eigenvalue weighted by molar-refractivity contribution is -0.141. The van der Waals surface area contributed by atoms with Crippen LogP contribution in [0, 0.1) is 11.3 Å². The van der Waals surface area contributed by atoms with E-state index in [-0.39, 0.29) is 38.5 Å². The molecule has 1 amide bonds. The van der Waals surface area contributed by atoms with Crippen LogP contribution in [0.5, 0.6) is 11.5 Å². The number of nitrogens with one attached hydrogen (secondary N) is 1.